The predicted octanol–water partition coefficient (Wildman–Crippen LogP) is 1.57. The molecule has 0 fully saturated rings. The molecule has 0 aliphatic heterocycles. The van der Waals surface area contributed by atoms with Gasteiger partial charge in [-0.1, -0.05) is 0 Å². The molecule has 0 saturated heterocycles. The van der Waals surface area contributed by atoms with Crippen molar-refractivity contribution in [2.45, 2.75) is 6.42 Å². The Balaban J connectivity index is 2.84. The quantitative estimate of drug-likeness (QED) is 0.774. The number of hydrogen-bond acceptors (Lipinski definition) is 4. The highest BCUT2D eigenvalue weighted by atomic mass is 79.9. The van der Waals surface area contributed by atoms with E-state index in [1.807, 2.05) is 0 Å². The van der Waals surface area contributed by atoms with Crippen LogP contribution < -0.4 is 4.74 Å². The number of hydrogen-bond donors (Lipinski definition) is 0. The van der Waals surface area contributed by atoms with E-state index in [-0.39, 0.29) is 12.4 Å². The van der Waals surface area contributed by atoms with E-state index in [0.29, 0.717) is 11.4 Å². The number of rotatable bonds is 3. The van der Waals surface area contributed by atoms with E-state index in [9.17, 15) is 4.79 Å². The summed E-state index contributed by atoms with van der Waals surface area (Å²) in [6, 6.07) is 1.70. The average molecular weight is 260 g/mol. The zero-order valence-corrected chi connectivity index (χ0v) is 9.50. The van der Waals surface area contributed by atoms with Gasteiger partial charge in [-0.2, -0.15) is 0 Å². The molecule has 0 amide bonds. The zero-order valence-electron chi connectivity index (χ0n) is 7.91. The highest BCUT2D eigenvalue weighted by Gasteiger charge is 2.07. The molecule has 0 aliphatic rings. The summed E-state index contributed by atoms with van der Waals surface area (Å²) < 4.78 is 10.3. The van der Waals surface area contributed by atoms with Crippen LogP contribution in [0.1, 0.15) is 5.69 Å². The normalized spacial score (nSPS) is 9.64. The first-order valence-corrected chi connectivity index (χ1v) is 4.72. The van der Waals surface area contributed by atoms with Crippen molar-refractivity contribution in [2.75, 3.05) is 14.2 Å². The molecular formula is C9H10BrNO3. The third kappa shape index (κ3) is 2.70. The van der Waals surface area contributed by atoms with Gasteiger partial charge >= 0.3 is 5.97 Å². The monoisotopic (exact) mass is 259 g/mol. The summed E-state index contributed by atoms with van der Waals surface area (Å²) in [5.41, 5.74) is 0.622. The fourth-order valence-corrected chi connectivity index (χ4v) is 1.31. The van der Waals surface area contributed by atoms with Gasteiger partial charge in [0.1, 0.15) is 5.75 Å². The number of methoxy groups -OCH3 is 2. The van der Waals surface area contributed by atoms with E-state index < -0.39 is 0 Å². The zero-order chi connectivity index (χ0) is 10.6. The van der Waals surface area contributed by atoms with Crippen LogP contribution in [0.5, 0.6) is 5.75 Å². The van der Waals surface area contributed by atoms with Crippen LogP contribution in [0.15, 0.2) is 16.7 Å². The molecule has 1 aromatic heterocycles. The number of halogens is 1. The lowest BCUT2D eigenvalue weighted by atomic mass is 10.2. The predicted molar refractivity (Wildman–Crippen MR) is 54.2 cm³/mol. The van der Waals surface area contributed by atoms with Crippen molar-refractivity contribution < 1.29 is 14.3 Å². The second kappa shape index (κ2) is 4.95. The van der Waals surface area contributed by atoms with Crippen molar-refractivity contribution in [1.82, 2.24) is 4.98 Å². The van der Waals surface area contributed by atoms with Crippen molar-refractivity contribution >= 4 is 21.9 Å². The molecule has 76 valence electrons. The van der Waals surface area contributed by atoms with Crippen LogP contribution in [-0.2, 0) is 16.0 Å². The Kier molecular flexibility index (Phi) is 3.88. The van der Waals surface area contributed by atoms with Gasteiger partial charge < -0.3 is 9.47 Å². The molecular weight excluding hydrogens is 250 g/mol. The molecule has 0 atom stereocenters. The highest BCUT2D eigenvalue weighted by molar-refractivity contribution is 9.10. The van der Waals surface area contributed by atoms with Gasteiger partial charge in [-0.25, -0.2) is 0 Å². The Labute approximate surface area is 90.4 Å². The Morgan fingerprint density at radius 1 is 1.57 bits per heavy atom. The van der Waals surface area contributed by atoms with Crippen LogP contribution in [0.25, 0.3) is 0 Å². The lowest BCUT2D eigenvalue weighted by Gasteiger charge is -2.04. The highest BCUT2D eigenvalue weighted by Crippen LogP contribution is 2.23. The molecule has 0 spiro atoms. The molecule has 14 heavy (non-hydrogen) atoms. The number of aromatic nitrogens is 1. The van der Waals surface area contributed by atoms with Gasteiger partial charge in [-0.3, -0.25) is 9.78 Å². The van der Waals surface area contributed by atoms with Crippen molar-refractivity contribution in [3.63, 3.8) is 0 Å². The van der Waals surface area contributed by atoms with Crippen LogP contribution >= 0.6 is 15.9 Å². The molecule has 0 aromatic carbocycles. The lowest BCUT2D eigenvalue weighted by Crippen LogP contribution is -2.06. The summed E-state index contributed by atoms with van der Waals surface area (Å²) in [5.74, 6) is 0.334. The molecule has 1 heterocycles. The second-order valence-corrected chi connectivity index (χ2v) is 3.42. The number of carbonyl (C=O) groups is 1. The Morgan fingerprint density at radius 3 is 2.86 bits per heavy atom. The van der Waals surface area contributed by atoms with Crippen molar-refractivity contribution in [2.24, 2.45) is 0 Å². The number of pyridine rings is 1. The summed E-state index contributed by atoms with van der Waals surface area (Å²) in [4.78, 5) is 15.0. The maximum atomic E-state index is 11.0. The molecule has 0 bridgehead atoms. The summed E-state index contributed by atoms with van der Waals surface area (Å²) in [5, 5.41) is 0. The number of esters is 1. The third-order valence-corrected chi connectivity index (χ3v) is 2.25. The summed E-state index contributed by atoms with van der Waals surface area (Å²) in [6.45, 7) is 0. The summed E-state index contributed by atoms with van der Waals surface area (Å²) in [6.07, 6.45) is 1.75. The Morgan fingerprint density at radius 2 is 2.29 bits per heavy atom. The molecule has 0 radical (unpaired) electrons. The molecule has 0 saturated carbocycles. The van der Waals surface area contributed by atoms with Crippen LogP contribution in [0.4, 0.5) is 0 Å². The molecule has 1 rings (SSSR count). The third-order valence-electron chi connectivity index (χ3n) is 1.65. The van der Waals surface area contributed by atoms with E-state index in [1.165, 1.54) is 7.11 Å². The average Bonchev–Trinajstić information content (AvgIpc) is 2.20. The van der Waals surface area contributed by atoms with Crippen molar-refractivity contribution in [3.05, 3.63) is 22.4 Å². The maximum absolute atomic E-state index is 11.0. The number of ether oxygens (including phenoxy) is 2. The minimum Gasteiger partial charge on any atom is -0.495 e. The minimum atomic E-state index is -0.318. The van der Waals surface area contributed by atoms with E-state index in [1.54, 1.807) is 19.4 Å². The van der Waals surface area contributed by atoms with E-state index in [0.717, 1.165) is 4.47 Å². The van der Waals surface area contributed by atoms with E-state index in [2.05, 4.69) is 25.7 Å². The summed E-state index contributed by atoms with van der Waals surface area (Å²) in [7, 11) is 2.90. The number of carbonyl (C=O) groups excluding carboxylic acids is 1. The van der Waals surface area contributed by atoms with Gasteiger partial charge in [0.05, 0.1) is 30.8 Å². The van der Waals surface area contributed by atoms with Gasteiger partial charge in [-0.05, 0) is 15.9 Å². The molecule has 0 aliphatic carbocycles. The molecule has 4 nitrogen and oxygen atoms in total. The standard InChI is InChI=1S/C9H10BrNO3/c1-13-8-3-6(4-9(12)14-2)11-5-7(8)10/h3,5H,4H2,1-2H3. The fraction of sp³-hybridized carbons (Fsp3) is 0.333. The second-order valence-electron chi connectivity index (χ2n) is 2.56. The molecule has 0 N–H and O–H groups in total. The molecule has 0 unspecified atom stereocenters. The first-order chi connectivity index (χ1) is 6.67. The van der Waals surface area contributed by atoms with Crippen LogP contribution in [0.2, 0.25) is 0 Å². The van der Waals surface area contributed by atoms with Gasteiger partial charge in [-0.15, -0.1) is 0 Å². The number of nitrogens with zero attached hydrogens (tertiary/aromatic N) is 1. The first-order valence-electron chi connectivity index (χ1n) is 3.92. The Bertz CT molecular complexity index is 341. The van der Waals surface area contributed by atoms with Crippen molar-refractivity contribution in [3.8, 4) is 5.75 Å². The smallest absolute Gasteiger partial charge is 0.311 e. The first kappa shape index (κ1) is 11.0. The fourth-order valence-electron chi connectivity index (χ4n) is 0.934. The van der Waals surface area contributed by atoms with Crippen LogP contribution in [-0.4, -0.2) is 25.2 Å². The van der Waals surface area contributed by atoms with Gasteiger partial charge in [0.2, 0.25) is 0 Å². The maximum Gasteiger partial charge on any atom is 0.311 e. The van der Waals surface area contributed by atoms with Gasteiger partial charge in [0, 0.05) is 12.3 Å². The van der Waals surface area contributed by atoms with Crippen LogP contribution in [0.3, 0.4) is 0 Å². The largest absolute Gasteiger partial charge is 0.495 e. The summed E-state index contributed by atoms with van der Waals surface area (Å²) >= 11 is 3.27. The Hall–Kier alpha value is -1.10. The topological polar surface area (TPSA) is 48.4 Å². The van der Waals surface area contributed by atoms with Crippen molar-refractivity contribution in [1.29, 1.82) is 0 Å². The van der Waals surface area contributed by atoms with Crippen LogP contribution in [0, 0.1) is 0 Å². The minimum absolute atomic E-state index is 0.153. The van der Waals surface area contributed by atoms with E-state index in [4.69, 9.17) is 4.74 Å². The van der Waals surface area contributed by atoms with Gasteiger partial charge in [0.25, 0.3) is 0 Å². The van der Waals surface area contributed by atoms with E-state index >= 15 is 0 Å². The molecule has 1 aromatic rings. The SMILES string of the molecule is COC(=O)Cc1cc(OC)c(Br)cn1. The lowest BCUT2D eigenvalue weighted by molar-refractivity contribution is -0.139. The van der Waals surface area contributed by atoms with Gasteiger partial charge in [0.15, 0.2) is 0 Å². The molecule has 5 heteroatoms.